The molecule has 0 spiro atoms. The van der Waals surface area contributed by atoms with Crippen LogP contribution in [0.5, 0.6) is 0 Å². The summed E-state index contributed by atoms with van der Waals surface area (Å²) in [5.74, 6) is -0.236. The Bertz CT molecular complexity index is 192. The molecule has 82 valence electrons. The molecule has 1 fully saturated rings. The first-order chi connectivity index (χ1) is 6.65. The van der Waals surface area contributed by atoms with Crippen molar-refractivity contribution >= 4 is 5.91 Å². The van der Waals surface area contributed by atoms with Crippen LogP contribution in [0.25, 0.3) is 0 Å². The van der Waals surface area contributed by atoms with Gasteiger partial charge in [0.2, 0.25) is 5.91 Å². The standard InChI is InChI=1S/C10H21N3O/c1-3-4-13(9-5-12-6-9)7-8(2)10(11)14/h8-9,12H,3-7H2,1-2H3,(H2,11,14). The highest BCUT2D eigenvalue weighted by atomic mass is 16.1. The average molecular weight is 199 g/mol. The predicted octanol–water partition coefficient (Wildman–Crippen LogP) is -0.208. The molecule has 3 N–H and O–H groups in total. The van der Waals surface area contributed by atoms with Crippen molar-refractivity contribution in [1.29, 1.82) is 0 Å². The Balaban J connectivity index is 2.37. The molecule has 1 heterocycles. The van der Waals surface area contributed by atoms with Crippen LogP contribution in [0.4, 0.5) is 0 Å². The zero-order valence-electron chi connectivity index (χ0n) is 9.12. The number of primary amides is 1. The van der Waals surface area contributed by atoms with Crippen LogP contribution < -0.4 is 11.1 Å². The molecule has 1 aliphatic rings. The summed E-state index contributed by atoms with van der Waals surface area (Å²) < 4.78 is 0. The summed E-state index contributed by atoms with van der Waals surface area (Å²) in [7, 11) is 0. The summed E-state index contributed by atoms with van der Waals surface area (Å²) in [5, 5.41) is 3.24. The van der Waals surface area contributed by atoms with Crippen molar-refractivity contribution < 1.29 is 4.79 Å². The SMILES string of the molecule is CCCN(CC(C)C(N)=O)C1CNC1. The number of carbonyl (C=O) groups is 1. The van der Waals surface area contributed by atoms with Gasteiger partial charge in [-0.3, -0.25) is 9.69 Å². The van der Waals surface area contributed by atoms with Crippen molar-refractivity contribution in [2.75, 3.05) is 26.2 Å². The number of hydrogen-bond donors (Lipinski definition) is 2. The van der Waals surface area contributed by atoms with E-state index in [4.69, 9.17) is 5.73 Å². The number of nitrogens with zero attached hydrogens (tertiary/aromatic N) is 1. The number of nitrogens with two attached hydrogens (primary N) is 1. The maximum absolute atomic E-state index is 10.9. The molecule has 4 heteroatoms. The summed E-state index contributed by atoms with van der Waals surface area (Å²) in [5.41, 5.74) is 5.26. The molecule has 1 saturated heterocycles. The van der Waals surface area contributed by atoms with Gasteiger partial charge in [0.15, 0.2) is 0 Å². The lowest BCUT2D eigenvalue weighted by Gasteiger charge is -2.39. The molecule has 4 nitrogen and oxygen atoms in total. The summed E-state index contributed by atoms with van der Waals surface area (Å²) in [4.78, 5) is 13.3. The van der Waals surface area contributed by atoms with Gasteiger partial charge >= 0.3 is 0 Å². The summed E-state index contributed by atoms with van der Waals surface area (Å²) in [6.45, 7) is 8.02. The molecule has 0 bridgehead atoms. The van der Waals surface area contributed by atoms with Crippen molar-refractivity contribution in [3.8, 4) is 0 Å². The van der Waals surface area contributed by atoms with Crippen molar-refractivity contribution in [3.05, 3.63) is 0 Å². The van der Waals surface area contributed by atoms with Gasteiger partial charge in [-0.25, -0.2) is 0 Å². The van der Waals surface area contributed by atoms with Gasteiger partial charge in [0.05, 0.1) is 0 Å². The maximum atomic E-state index is 10.9. The van der Waals surface area contributed by atoms with E-state index in [9.17, 15) is 4.79 Å². The number of nitrogens with one attached hydrogen (secondary N) is 1. The number of amides is 1. The van der Waals surface area contributed by atoms with Gasteiger partial charge in [-0.1, -0.05) is 13.8 Å². The average Bonchev–Trinajstić information content (AvgIpc) is 2.01. The normalized spacial score (nSPS) is 19.4. The fraction of sp³-hybridized carbons (Fsp3) is 0.900. The molecule has 1 rings (SSSR count). The van der Waals surface area contributed by atoms with E-state index in [1.54, 1.807) is 0 Å². The van der Waals surface area contributed by atoms with Gasteiger partial charge in [0.1, 0.15) is 0 Å². The topological polar surface area (TPSA) is 58.4 Å². The molecule has 1 unspecified atom stereocenters. The molecule has 14 heavy (non-hydrogen) atoms. The van der Waals surface area contributed by atoms with Gasteiger partial charge in [0.25, 0.3) is 0 Å². The van der Waals surface area contributed by atoms with Crippen molar-refractivity contribution in [2.24, 2.45) is 11.7 Å². The first kappa shape index (κ1) is 11.5. The Morgan fingerprint density at radius 3 is 2.64 bits per heavy atom. The van der Waals surface area contributed by atoms with Crippen LogP contribution in [0.3, 0.4) is 0 Å². The second-order valence-corrected chi connectivity index (χ2v) is 4.11. The molecule has 1 aliphatic heterocycles. The second kappa shape index (κ2) is 5.32. The Hall–Kier alpha value is -0.610. The molecule has 0 aromatic rings. The molecule has 1 amide bonds. The number of hydrogen-bond acceptors (Lipinski definition) is 3. The smallest absolute Gasteiger partial charge is 0.221 e. The lowest BCUT2D eigenvalue weighted by Crippen LogP contribution is -2.58. The molecule has 0 aromatic heterocycles. The monoisotopic (exact) mass is 199 g/mol. The van der Waals surface area contributed by atoms with Crippen molar-refractivity contribution in [1.82, 2.24) is 10.2 Å². The largest absolute Gasteiger partial charge is 0.369 e. The maximum Gasteiger partial charge on any atom is 0.221 e. The van der Waals surface area contributed by atoms with Gasteiger partial charge in [-0.15, -0.1) is 0 Å². The third kappa shape index (κ3) is 2.96. The summed E-state index contributed by atoms with van der Waals surface area (Å²) >= 11 is 0. The number of rotatable bonds is 6. The fourth-order valence-corrected chi connectivity index (χ4v) is 1.68. The fourth-order valence-electron chi connectivity index (χ4n) is 1.68. The first-order valence-electron chi connectivity index (χ1n) is 5.39. The van der Waals surface area contributed by atoms with Crippen LogP contribution in [0.1, 0.15) is 20.3 Å². The minimum Gasteiger partial charge on any atom is -0.369 e. The Kier molecular flexibility index (Phi) is 4.35. The van der Waals surface area contributed by atoms with Crippen molar-refractivity contribution in [2.45, 2.75) is 26.3 Å². The van der Waals surface area contributed by atoms with E-state index in [0.717, 1.165) is 32.6 Å². The molecule has 0 saturated carbocycles. The molecule has 1 atom stereocenters. The van der Waals surface area contributed by atoms with E-state index < -0.39 is 0 Å². The zero-order chi connectivity index (χ0) is 10.6. The van der Waals surface area contributed by atoms with E-state index in [1.165, 1.54) is 0 Å². The van der Waals surface area contributed by atoms with E-state index in [-0.39, 0.29) is 11.8 Å². The predicted molar refractivity (Wildman–Crippen MR) is 56.9 cm³/mol. The zero-order valence-corrected chi connectivity index (χ0v) is 9.12. The third-order valence-electron chi connectivity index (χ3n) is 2.78. The highest BCUT2D eigenvalue weighted by Gasteiger charge is 2.25. The van der Waals surface area contributed by atoms with Gasteiger partial charge in [0, 0.05) is 31.6 Å². The third-order valence-corrected chi connectivity index (χ3v) is 2.78. The molecule has 0 aliphatic carbocycles. The highest BCUT2D eigenvalue weighted by Crippen LogP contribution is 2.09. The van der Waals surface area contributed by atoms with Crippen LogP contribution in [0, 0.1) is 5.92 Å². The highest BCUT2D eigenvalue weighted by molar-refractivity contribution is 5.76. The lowest BCUT2D eigenvalue weighted by atomic mass is 10.1. The summed E-state index contributed by atoms with van der Waals surface area (Å²) in [6, 6.07) is 0.608. The molecular weight excluding hydrogens is 178 g/mol. The summed E-state index contributed by atoms with van der Waals surface area (Å²) in [6.07, 6.45) is 1.13. The van der Waals surface area contributed by atoms with E-state index in [1.807, 2.05) is 6.92 Å². The van der Waals surface area contributed by atoms with Gasteiger partial charge < -0.3 is 11.1 Å². The van der Waals surface area contributed by atoms with Crippen LogP contribution in [0.15, 0.2) is 0 Å². The molecule has 0 aromatic carbocycles. The van der Waals surface area contributed by atoms with E-state index >= 15 is 0 Å². The van der Waals surface area contributed by atoms with Crippen LogP contribution in [-0.4, -0.2) is 43.0 Å². The first-order valence-corrected chi connectivity index (χ1v) is 5.39. The lowest BCUT2D eigenvalue weighted by molar-refractivity contribution is -0.122. The van der Waals surface area contributed by atoms with Crippen LogP contribution in [0.2, 0.25) is 0 Å². The number of carbonyl (C=O) groups excluding carboxylic acids is 1. The minimum atomic E-state index is -0.196. The van der Waals surface area contributed by atoms with Crippen molar-refractivity contribution in [3.63, 3.8) is 0 Å². The van der Waals surface area contributed by atoms with Crippen LogP contribution in [-0.2, 0) is 4.79 Å². The quantitative estimate of drug-likeness (QED) is 0.622. The van der Waals surface area contributed by atoms with Gasteiger partial charge in [-0.05, 0) is 13.0 Å². The Morgan fingerprint density at radius 1 is 1.64 bits per heavy atom. The Morgan fingerprint density at radius 2 is 2.29 bits per heavy atom. The second-order valence-electron chi connectivity index (χ2n) is 4.11. The molecular formula is C10H21N3O. The minimum absolute atomic E-state index is 0.0397. The van der Waals surface area contributed by atoms with Gasteiger partial charge in [-0.2, -0.15) is 0 Å². The van der Waals surface area contributed by atoms with E-state index in [2.05, 4.69) is 17.1 Å². The van der Waals surface area contributed by atoms with E-state index in [0.29, 0.717) is 6.04 Å². The Labute approximate surface area is 85.8 Å². The molecule has 0 radical (unpaired) electrons. The van der Waals surface area contributed by atoms with Crippen LogP contribution >= 0.6 is 0 Å².